The van der Waals surface area contributed by atoms with Crippen molar-refractivity contribution in [2.75, 3.05) is 12.1 Å². The Morgan fingerprint density at radius 1 is 1.14 bits per heavy atom. The van der Waals surface area contributed by atoms with Crippen LogP contribution >= 0.6 is 34.5 Å². The molecule has 2 aliphatic rings. The van der Waals surface area contributed by atoms with Crippen LogP contribution in [0.15, 0.2) is 42.6 Å². The average Bonchev–Trinajstić information content (AvgIpc) is 3.29. The molecule has 0 saturated heterocycles. The molecule has 1 fully saturated rings. The molecule has 190 valence electrons. The number of ether oxygens (including phenoxy) is 2. The van der Waals surface area contributed by atoms with Gasteiger partial charge in [-0.05, 0) is 69.0 Å². The molecule has 36 heavy (non-hydrogen) atoms. The van der Waals surface area contributed by atoms with Gasteiger partial charge in [0.05, 0.1) is 20.3 Å². The molecule has 0 radical (unpaired) electrons. The second kappa shape index (κ2) is 9.70. The van der Waals surface area contributed by atoms with Gasteiger partial charge in [-0.1, -0.05) is 46.7 Å². The number of fused-ring (bicyclic) bond motifs is 1. The predicted molar refractivity (Wildman–Crippen MR) is 144 cm³/mol. The molecule has 2 aromatic carbocycles. The van der Waals surface area contributed by atoms with Crippen molar-refractivity contribution < 1.29 is 18.8 Å². The van der Waals surface area contributed by atoms with Gasteiger partial charge in [0, 0.05) is 17.6 Å². The molecule has 3 aromatic rings. The van der Waals surface area contributed by atoms with Crippen molar-refractivity contribution in [1.82, 2.24) is 9.71 Å². The Balaban J connectivity index is 1.38. The minimum Gasteiger partial charge on any atom is -0.598 e. The fourth-order valence-electron chi connectivity index (χ4n) is 3.93. The molecule has 1 unspecified atom stereocenters. The van der Waals surface area contributed by atoms with Gasteiger partial charge in [0.25, 0.3) is 0 Å². The van der Waals surface area contributed by atoms with E-state index in [1.807, 2.05) is 45.0 Å². The van der Waals surface area contributed by atoms with Gasteiger partial charge >= 0.3 is 0 Å². The van der Waals surface area contributed by atoms with Crippen molar-refractivity contribution >= 4 is 56.9 Å². The number of nitrogens with one attached hydrogen (secondary N) is 2. The SMILES string of the molecule is CC(C)(C)[S+]([O-])N[C@H](c1ccc(Cl)c(Cl)c1)c1cnc(NC(=O)C2(c3ccc4c(c3)OCO4)CC2)s1. The standard InChI is InChI=1S/C25H25Cl2N3O4S2/c1-24(2,3)36(32)30-21(14-4-6-16(26)17(27)10-14)20-12-28-23(35-20)29-22(31)25(8-9-25)15-5-7-18-19(11-15)34-13-33-18/h4-7,10-12,21,30H,8-9,13H2,1-3H3,(H,28,29,31)/t21-,36?/m1/s1. The molecule has 11 heteroatoms. The molecule has 0 bridgehead atoms. The molecule has 1 aromatic heterocycles. The zero-order valence-electron chi connectivity index (χ0n) is 19.9. The van der Waals surface area contributed by atoms with E-state index in [0.717, 1.165) is 28.8 Å². The lowest BCUT2D eigenvalue weighted by molar-refractivity contribution is -0.118. The Bertz CT molecular complexity index is 1310. The summed E-state index contributed by atoms with van der Waals surface area (Å²) in [6.07, 6.45) is 3.17. The average molecular weight is 567 g/mol. The normalized spacial score (nSPS) is 17.5. The van der Waals surface area contributed by atoms with Crippen LogP contribution in [0.25, 0.3) is 0 Å². The van der Waals surface area contributed by atoms with Gasteiger partial charge in [0.1, 0.15) is 10.8 Å². The lowest BCUT2D eigenvalue weighted by atomic mass is 9.94. The highest BCUT2D eigenvalue weighted by atomic mass is 35.5. The molecular weight excluding hydrogens is 541 g/mol. The highest BCUT2D eigenvalue weighted by molar-refractivity contribution is 7.90. The van der Waals surface area contributed by atoms with Gasteiger partial charge in [-0.3, -0.25) is 4.79 Å². The van der Waals surface area contributed by atoms with Crippen molar-refractivity contribution in [1.29, 1.82) is 0 Å². The summed E-state index contributed by atoms with van der Waals surface area (Å²) in [7, 11) is 0. The fourth-order valence-corrected chi connectivity index (χ4v) is 6.03. The zero-order valence-corrected chi connectivity index (χ0v) is 23.0. The highest BCUT2D eigenvalue weighted by Gasteiger charge is 2.52. The second-order valence-corrected chi connectivity index (χ2v) is 13.7. The van der Waals surface area contributed by atoms with Crippen LogP contribution < -0.4 is 19.5 Å². The molecule has 2 N–H and O–H groups in total. The number of halogens is 2. The van der Waals surface area contributed by atoms with E-state index >= 15 is 0 Å². The maximum absolute atomic E-state index is 13.3. The lowest BCUT2D eigenvalue weighted by Gasteiger charge is -2.27. The topological polar surface area (TPSA) is 95.5 Å². The van der Waals surface area contributed by atoms with E-state index in [-0.39, 0.29) is 12.7 Å². The molecule has 5 rings (SSSR count). The highest BCUT2D eigenvalue weighted by Crippen LogP contribution is 2.51. The maximum Gasteiger partial charge on any atom is 0.236 e. The lowest BCUT2D eigenvalue weighted by Crippen LogP contribution is -2.41. The summed E-state index contributed by atoms with van der Waals surface area (Å²) >= 11 is 12.3. The van der Waals surface area contributed by atoms with Crippen LogP contribution in [0.5, 0.6) is 11.5 Å². The van der Waals surface area contributed by atoms with Crippen LogP contribution in [0.3, 0.4) is 0 Å². The summed E-state index contributed by atoms with van der Waals surface area (Å²) in [5.41, 5.74) is 1.08. The first-order chi connectivity index (χ1) is 17.1. The Morgan fingerprint density at radius 2 is 1.89 bits per heavy atom. The zero-order chi connectivity index (χ0) is 25.7. The van der Waals surface area contributed by atoms with E-state index in [0.29, 0.717) is 26.7 Å². The van der Waals surface area contributed by atoms with Crippen molar-refractivity contribution in [3.63, 3.8) is 0 Å². The van der Waals surface area contributed by atoms with Gasteiger partial charge < -0.3 is 19.3 Å². The molecule has 7 nitrogen and oxygen atoms in total. The number of amides is 1. The largest absolute Gasteiger partial charge is 0.598 e. The molecule has 0 spiro atoms. The molecular formula is C25H25Cl2N3O4S2. The number of hydrogen-bond acceptors (Lipinski definition) is 7. The second-order valence-electron chi connectivity index (χ2n) is 9.78. The van der Waals surface area contributed by atoms with E-state index in [2.05, 4.69) is 15.0 Å². The molecule has 1 amide bonds. The predicted octanol–water partition coefficient (Wildman–Crippen LogP) is 5.99. The maximum atomic E-state index is 13.3. The number of nitrogens with zero attached hydrogens (tertiary/aromatic N) is 1. The summed E-state index contributed by atoms with van der Waals surface area (Å²) in [4.78, 5) is 18.6. The number of carbonyl (C=O) groups is 1. The number of hydrogen-bond donors (Lipinski definition) is 2. The molecule has 1 aliphatic carbocycles. The van der Waals surface area contributed by atoms with Crippen LogP contribution in [0.2, 0.25) is 10.0 Å². The van der Waals surface area contributed by atoms with E-state index in [1.165, 1.54) is 11.3 Å². The minimum absolute atomic E-state index is 0.112. The third-order valence-corrected chi connectivity index (χ3v) is 9.48. The van der Waals surface area contributed by atoms with Crippen LogP contribution in [-0.4, -0.2) is 27.0 Å². The Morgan fingerprint density at radius 3 is 2.58 bits per heavy atom. The van der Waals surface area contributed by atoms with Crippen LogP contribution in [0.4, 0.5) is 5.13 Å². The Kier molecular flexibility index (Phi) is 6.91. The number of aromatic nitrogens is 1. The van der Waals surface area contributed by atoms with Gasteiger partial charge in [-0.15, -0.1) is 4.72 Å². The molecule has 1 aliphatic heterocycles. The number of anilines is 1. The van der Waals surface area contributed by atoms with E-state index in [9.17, 15) is 9.35 Å². The molecule has 2 heterocycles. The van der Waals surface area contributed by atoms with Crippen molar-refractivity contribution in [3.05, 3.63) is 68.6 Å². The number of benzene rings is 2. The van der Waals surface area contributed by atoms with Gasteiger partial charge in [0.15, 0.2) is 16.6 Å². The first-order valence-electron chi connectivity index (χ1n) is 11.4. The third kappa shape index (κ3) is 5.05. The fraction of sp³-hybridized carbons (Fsp3) is 0.360. The van der Waals surface area contributed by atoms with E-state index in [4.69, 9.17) is 32.7 Å². The van der Waals surface area contributed by atoms with Crippen LogP contribution in [0, 0.1) is 0 Å². The summed E-state index contributed by atoms with van der Waals surface area (Å²) in [6, 6.07) is 10.5. The van der Waals surface area contributed by atoms with E-state index in [1.54, 1.807) is 18.3 Å². The Labute approximate surface area is 226 Å². The molecule has 1 saturated carbocycles. The quantitative estimate of drug-likeness (QED) is 0.341. The van der Waals surface area contributed by atoms with Crippen LogP contribution in [0.1, 0.15) is 55.7 Å². The van der Waals surface area contributed by atoms with Crippen molar-refractivity contribution in [3.8, 4) is 11.5 Å². The van der Waals surface area contributed by atoms with Crippen molar-refractivity contribution in [2.24, 2.45) is 0 Å². The smallest absolute Gasteiger partial charge is 0.236 e. The minimum atomic E-state index is -1.37. The number of carbonyl (C=O) groups excluding carboxylic acids is 1. The number of thiazole rings is 1. The van der Waals surface area contributed by atoms with E-state index < -0.39 is 27.6 Å². The van der Waals surface area contributed by atoms with Crippen LogP contribution in [-0.2, 0) is 21.6 Å². The first-order valence-corrected chi connectivity index (χ1v) is 14.1. The van der Waals surface area contributed by atoms with Crippen molar-refractivity contribution in [2.45, 2.75) is 49.8 Å². The third-order valence-electron chi connectivity index (χ3n) is 6.20. The summed E-state index contributed by atoms with van der Waals surface area (Å²) in [6.45, 7) is 5.87. The monoisotopic (exact) mass is 565 g/mol. The van der Waals surface area contributed by atoms with Gasteiger partial charge in [0.2, 0.25) is 12.7 Å². The van der Waals surface area contributed by atoms with Gasteiger partial charge in [-0.25, -0.2) is 4.98 Å². The summed E-state index contributed by atoms with van der Waals surface area (Å²) in [5.74, 6) is 1.23. The summed E-state index contributed by atoms with van der Waals surface area (Å²) in [5, 5.41) is 4.29. The first kappa shape index (κ1) is 25.6. The molecule has 2 atom stereocenters. The number of rotatable bonds is 7. The Hall–Kier alpha value is -2.01. The summed E-state index contributed by atoms with van der Waals surface area (Å²) < 4.78 is 26.6. The van der Waals surface area contributed by atoms with Gasteiger partial charge in [-0.2, -0.15) is 0 Å².